The van der Waals surface area contributed by atoms with Gasteiger partial charge in [0.25, 0.3) is 0 Å². The van der Waals surface area contributed by atoms with Crippen LogP contribution in [-0.4, -0.2) is 58.6 Å². The number of hydrogen-bond donors (Lipinski definition) is 2. The van der Waals surface area contributed by atoms with E-state index in [1.165, 1.54) is 30.3 Å². The summed E-state index contributed by atoms with van der Waals surface area (Å²) >= 11 is 0. The minimum absolute atomic E-state index is 0.0413. The molecular weight excluding hydrogens is 342 g/mol. The minimum atomic E-state index is -0.351. The molecule has 4 heterocycles. The second-order valence-electron chi connectivity index (χ2n) is 8.49. The summed E-state index contributed by atoms with van der Waals surface area (Å²) in [4.78, 5) is 31.3. The largest absolute Gasteiger partial charge is 0.353 e. The number of aryl methyl sites for hydroxylation is 2. The molecule has 0 radical (unpaired) electrons. The quantitative estimate of drug-likeness (QED) is 0.801. The van der Waals surface area contributed by atoms with Crippen molar-refractivity contribution in [2.45, 2.75) is 58.2 Å². The van der Waals surface area contributed by atoms with Gasteiger partial charge in [-0.2, -0.15) is 4.98 Å². The highest BCUT2D eigenvalue weighted by Crippen LogP contribution is 2.38. The first-order chi connectivity index (χ1) is 13.0. The molecule has 3 fully saturated rings. The Morgan fingerprint density at radius 1 is 1.30 bits per heavy atom. The molecule has 3 aliphatic heterocycles. The van der Waals surface area contributed by atoms with Crippen molar-refractivity contribution in [1.82, 2.24) is 25.1 Å². The molecule has 7 heteroatoms. The van der Waals surface area contributed by atoms with Crippen LogP contribution in [0.3, 0.4) is 0 Å². The maximum atomic E-state index is 12.5. The Labute approximate surface area is 160 Å². The standard InChI is InChI=1S/C20H31N5O2/c1-13-7-14(2)25(20(27)23-13)12-19(26)22-11-18-16-8-15(9-21-10-16)17-5-3-4-6-24(17)18/h7,15-18,21H,3-6,8-12H2,1-2H3,(H,22,26)/t15-,16+,17+,18+/m1/s1. The van der Waals surface area contributed by atoms with E-state index in [1.807, 2.05) is 13.0 Å². The summed E-state index contributed by atoms with van der Waals surface area (Å²) < 4.78 is 1.45. The van der Waals surface area contributed by atoms with Crippen LogP contribution in [0.1, 0.15) is 37.1 Å². The smallest absolute Gasteiger partial charge is 0.348 e. The number of amides is 1. The van der Waals surface area contributed by atoms with Crippen molar-refractivity contribution in [3.8, 4) is 0 Å². The van der Waals surface area contributed by atoms with Gasteiger partial charge in [0.1, 0.15) is 6.54 Å². The van der Waals surface area contributed by atoms with E-state index in [1.54, 1.807) is 6.92 Å². The topological polar surface area (TPSA) is 79.3 Å². The molecule has 4 atom stereocenters. The van der Waals surface area contributed by atoms with Crippen LogP contribution >= 0.6 is 0 Å². The van der Waals surface area contributed by atoms with Crippen LogP contribution in [0.2, 0.25) is 0 Å². The Morgan fingerprint density at radius 3 is 2.93 bits per heavy atom. The number of fused-ring (bicyclic) bond motifs is 4. The number of carbonyl (C=O) groups excluding carboxylic acids is 1. The van der Waals surface area contributed by atoms with E-state index >= 15 is 0 Å². The lowest BCUT2D eigenvalue weighted by Crippen LogP contribution is -2.65. The summed E-state index contributed by atoms with van der Waals surface area (Å²) in [6.45, 7) is 7.68. The average molecular weight is 374 g/mol. The highest BCUT2D eigenvalue weighted by atomic mass is 16.2. The first-order valence-corrected chi connectivity index (χ1v) is 10.3. The lowest BCUT2D eigenvalue weighted by atomic mass is 9.73. The van der Waals surface area contributed by atoms with Crippen LogP contribution in [0.5, 0.6) is 0 Å². The molecule has 0 unspecified atom stereocenters. The predicted octanol–water partition coefficient (Wildman–Crippen LogP) is 0.439. The second-order valence-corrected chi connectivity index (χ2v) is 8.49. The Kier molecular flexibility index (Phi) is 5.32. The van der Waals surface area contributed by atoms with Crippen molar-refractivity contribution in [3.63, 3.8) is 0 Å². The monoisotopic (exact) mass is 373 g/mol. The van der Waals surface area contributed by atoms with E-state index in [9.17, 15) is 9.59 Å². The molecule has 2 N–H and O–H groups in total. The average Bonchev–Trinajstić information content (AvgIpc) is 2.65. The van der Waals surface area contributed by atoms with Gasteiger partial charge in [-0.25, -0.2) is 4.79 Å². The second kappa shape index (κ2) is 7.72. The lowest BCUT2D eigenvalue weighted by molar-refractivity contribution is -0.122. The summed E-state index contributed by atoms with van der Waals surface area (Å²) in [7, 11) is 0. The summed E-state index contributed by atoms with van der Waals surface area (Å²) in [5.41, 5.74) is 1.11. The van der Waals surface area contributed by atoms with Crippen molar-refractivity contribution in [2.75, 3.05) is 26.2 Å². The summed E-state index contributed by atoms with van der Waals surface area (Å²) in [5.74, 6) is 1.25. The van der Waals surface area contributed by atoms with E-state index < -0.39 is 0 Å². The molecule has 0 spiro atoms. The van der Waals surface area contributed by atoms with Crippen molar-refractivity contribution in [2.24, 2.45) is 11.8 Å². The van der Waals surface area contributed by atoms with E-state index in [-0.39, 0.29) is 18.1 Å². The highest BCUT2D eigenvalue weighted by Gasteiger charge is 2.45. The number of nitrogens with one attached hydrogen (secondary N) is 2. The number of carbonyl (C=O) groups is 1. The number of piperidine rings is 3. The fourth-order valence-corrected chi connectivity index (χ4v) is 5.43. The fraction of sp³-hybridized carbons (Fsp3) is 0.750. The molecule has 0 saturated carbocycles. The van der Waals surface area contributed by atoms with E-state index in [2.05, 4.69) is 20.5 Å². The number of rotatable bonds is 4. The Hall–Kier alpha value is -1.73. The Balaban J connectivity index is 1.41. The van der Waals surface area contributed by atoms with Gasteiger partial charge in [0, 0.05) is 30.0 Å². The first-order valence-electron chi connectivity index (χ1n) is 10.3. The van der Waals surface area contributed by atoms with Gasteiger partial charge in [-0.15, -0.1) is 0 Å². The van der Waals surface area contributed by atoms with Crippen LogP contribution in [-0.2, 0) is 11.3 Å². The molecule has 148 valence electrons. The molecule has 3 aliphatic rings. The van der Waals surface area contributed by atoms with E-state index in [4.69, 9.17) is 0 Å². The molecule has 1 aromatic rings. The van der Waals surface area contributed by atoms with Gasteiger partial charge in [-0.1, -0.05) is 6.42 Å². The molecule has 0 aliphatic carbocycles. The van der Waals surface area contributed by atoms with Gasteiger partial charge in [0.05, 0.1) is 0 Å². The predicted molar refractivity (Wildman–Crippen MR) is 104 cm³/mol. The number of hydrogen-bond acceptors (Lipinski definition) is 5. The Bertz CT molecular complexity index is 761. The molecule has 2 bridgehead atoms. The Morgan fingerprint density at radius 2 is 2.11 bits per heavy atom. The van der Waals surface area contributed by atoms with Gasteiger partial charge < -0.3 is 10.6 Å². The van der Waals surface area contributed by atoms with Crippen molar-refractivity contribution in [1.29, 1.82) is 0 Å². The lowest BCUT2D eigenvalue weighted by Gasteiger charge is -2.55. The summed E-state index contributed by atoms with van der Waals surface area (Å²) in [6, 6.07) is 2.90. The molecule has 7 nitrogen and oxygen atoms in total. The van der Waals surface area contributed by atoms with Gasteiger partial charge in [0.15, 0.2) is 0 Å². The van der Waals surface area contributed by atoms with Gasteiger partial charge >= 0.3 is 5.69 Å². The maximum absolute atomic E-state index is 12.5. The zero-order chi connectivity index (χ0) is 19.0. The van der Waals surface area contributed by atoms with Crippen molar-refractivity contribution < 1.29 is 4.79 Å². The van der Waals surface area contributed by atoms with Gasteiger partial charge in [0.2, 0.25) is 5.91 Å². The van der Waals surface area contributed by atoms with Crippen molar-refractivity contribution in [3.05, 3.63) is 27.9 Å². The van der Waals surface area contributed by atoms with Crippen LogP contribution < -0.4 is 16.3 Å². The third-order valence-corrected chi connectivity index (χ3v) is 6.68. The minimum Gasteiger partial charge on any atom is -0.353 e. The first kappa shape index (κ1) is 18.6. The number of aromatic nitrogens is 2. The zero-order valence-corrected chi connectivity index (χ0v) is 16.4. The van der Waals surface area contributed by atoms with Gasteiger partial charge in [-0.3, -0.25) is 14.3 Å². The molecule has 4 rings (SSSR count). The molecule has 0 aromatic carbocycles. The molecule has 27 heavy (non-hydrogen) atoms. The van der Waals surface area contributed by atoms with Crippen LogP contribution in [0.15, 0.2) is 10.9 Å². The molecule has 1 amide bonds. The van der Waals surface area contributed by atoms with Crippen molar-refractivity contribution >= 4 is 5.91 Å². The number of nitrogens with zero attached hydrogens (tertiary/aromatic N) is 3. The summed E-state index contributed by atoms with van der Waals surface area (Å²) in [5, 5.41) is 6.71. The third-order valence-electron chi connectivity index (χ3n) is 6.68. The van der Waals surface area contributed by atoms with E-state index in [0.717, 1.165) is 31.2 Å². The van der Waals surface area contributed by atoms with E-state index in [0.29, 0.717) is 30.2 Å². The maximum Gasteiger partial charge on any atom is 0.348 e. The molecule has 1 aromatic heterocycles. The molecular formula is C20H31N5O2. The SMILES string of the molecule is Cc1cc(C)n(CC(=O)NC[C@H]2[C@@H]3CNC[C@@H](C3)[C@@H]3CCCCN32)c(=O)n1. The van der Waals surface area contributed by atoms with Crippen LogP contribution in [0.25, 0.3) is 0 Å². The normalized spacial score (nSPS) is 30.6. The third kappa shape index (κ3) is 3.80. The highest BCUT2D eigenvalue weighted by molar-refractivity contribution is 5.75. The van der Waals surface area contributed by atoms with Gasteiger partial charge in [-0.05, 0) is 70.6 Å². The zero-order valence-electron chi connectivity index (χ0n) is 16.4. The van der Waals surface area contributed by atoms with Crippen LogP contribution in [0, 0.1) is 25.7 Å². The molecule has 3 saturated heterocycles. The fourth-order valence-electron chi connectivity index (χ4n) is 5.43. The van der Waals surface area contributed by atoms with Crippen LogP contribution in [0.4, 0.5) is 0 Å². The summed E-state index contributed by atoms with van der Waals surface area (Å²) in [6.07, 6.45) is 5.14.